The SMILES string of the molecule is O=C(/C=C/c1ccccc1)N(CCc1nc(-c2cccc([N+](=O)[O-])c2)no1)Cc1ccccc1. The molecule has 4 aromatic rings. The number of benzene rings is 3. The Morgan fingerprint density at radius 3 is 2.47 bits per heavy atom. The second-order valence-corrected chi connectivity index (χ2v) is 7.56. The van der Waals surface area contributed by atoms with Crippen LogP contribution < -0.4 is 0 Å². The molecule has 0 radical (unpaired) electrons. The number of hydrogen-bond donors (Lipinski definition) is 0. The van der Waals surface area contributed by atoms with Crippen molar-refractivity contribution in [1.29, 1.82) is 0 Å². The van der Waals surface area contributed by atoms with Crippen LogP contribution in [0, 0.1) is 10.1 Å². The lowest BCUT2D eigenvalue weighted by atomic mass is 10.2. The number of amides is 1. The maximum absolute atomic E-state index is 13.0. The maximum atomic E-state index is 13.0. The molecule has 8 heteroatoms. The van der Waals surface area contributed by atoms with Crippen LogP contribution in [0.25, 0.3) is 17.5 Å². The smallest absolute Gasteiger partial charge is 0.270 e. The van der Waals surface area contributed by atoms with E-state index in [4.69, 9.17) is 4.52 Å². The van der Waals surface area contributed by atoms with Gasteiger partial charge < -0.3 is 9.42 Å². The molecule has 0 spiro atoms. The van der Waals surface area contributed by atoms with E-state index in [9.17, 15) is 14.9 Å². The van der Waals surface area contributed by atoms with Gasteiger partial charge in [0, 0.05) is 43.3 Å². The lowest BCUT2D eigenvalue weighted by Crippen LogP contribution is -2.31. The van der Waals surface area contributed by atoms with Gasteiger partial charge in [-0.05, 0) is 17.2 Å². The summed E-state index contributed by atoms with van der Waals surface area (Å²) in [4.78, 5) is 29.6. The fraction of sp³-hybridized carbons (Fsp3) is 0.115. The van der Waals surface area contributed by atoms with Crippen LogP contribution in [0.15, 0.2) is 95.5 Å². The molecule has 170 valence electrons. The molecule has 1 heterocycles. The van der Waals surface area contributed by atoms with Crippen LogP contribution in [0.1, 0.15) is 17.0 Å². The number of aromatic nitrogens is 2. The zero-order valence-electron chi connectivity index (χ0n) is 18.3. The molecule has 4 rings (SSSR count). The Morgan fingerprint density at radius 1 is 1.00 bits per heavy atom. The molecule has 0 saturated carbocycles. The molecule has 1 aromatic heterocycles. The predicted octanol–water partition coefficient (Wildman–Crippen LogP) is 4.93. The lowest BCUT2D eigenvalue weighted by Gasteiger charge is -2.20. The minimum atomic E-state index is -0.472. The highest BCUT2D eigenvalue weighted by molar-refractivity contribution is 5.91. The van der Waals surface area contributed by atoms with Crippen LogP contribution in [-0.2, 0) is 17.8 Å². The van der Waals surface area contributed by atoms with Crippen molar-refractivity contribution in [3.8, 4) is 11.4 Å². The van der Waals surface area contributed by atoms with Gasteiger partial charge in [0.1, 0.15) is 0 Å². The van der Waals surface area contributed by atoms with Crippen molar-refractivity contribution in [2.24, 2.45) is 0 Å². The summed E-state index contributed by atoms with van der Waals surface area (Å²) in [5.41, 5.74) is 2.39. The number of hydrogen-bond acceptors (Lipinski definition) is 6. The quantitative estimate of drug-likeness (QED) is 0.202. The summed E-state index contributed by atoms with van der Waals surface area (Å²) in [6.45, 7) is 0.800. The normalized spacial score (nSPS) is 10.9. The van der Waals surface area contributed by atoms with E-state index < -0.39 is 4.92 Å². The van der Waals surface area contributed by atoms with Gasteiger partial charge in [0.05, 0.1) is 4.92 Å². The third-order valence-electron chi connectivity index (χ3n) is 5.12. The van der Waals surface area contributed by atoms with Gasteiger partial charge >= 0.3 is 0 Å². The molecule has 0 aliphatic rings. The fourth-order valence-corrected chi connectivity index (χ4v) is 3.37. The highest BCUT2D eigenvalue weighted by Crippen LogP contribution is 2.21. The maximum Gasteiger partial charge on any atom is 0.270 e. The van der Waals surface area contributed by atoms with Crippen LogP contribution >= 0.6 is 0 Å². The Morgan fingerprint density at radius 2 is 1.74 bits per heavy atom. The first-order valence-corrected chi connectivity index (χ1v) is 10.7. The first kappa shape index (κ1) is 22.6. The first-order valence-electron chi connectivity index (χ1n) is 10.7. The van der Waals surface area contributed by atoms with E-state index in [0.29, 0.717) is 31.0 Å². The molecule has 1 amide bonds. The van der Waals surface area contributed by atoms with Crippen LogP contribution in [0.3, 0.4) is 0 Å². The second-order valence-electron chi connectivity index (χ2n) is 7.56. The molecule has 8 nitrogen and oxygen atoms in total. The van der Waals surface area contributed by atoms with E-state index in [1.54, 1.807) is 29.2 Å². The van der Waals surface area contributed by atoms with E-state index in [1.165, 1.54) is 12.1 Å². The summed E-state index contributed by atoms with van der Waals surface area (Å²) in [5.74, 6) is 0.481. The standard InChI is InChI=1S/C26H22N4O4/c31-25(15-14-20-8-3-1-4-9-20)29(19-21-10-5-2-6-11-21)17-16-24-27-26(28-34-24)22-12-7-13-23(18-22)30(32)33/h1-15,18H,16-17,19H2/b15-14+. The van der Waals surface area contributed by atoms with E-state index >= 15 is 0 Å². The number of nitro groups is 1. The van der Waals surface area contributed by atoms with Gasteiger partial charge in [-0.3, -0.25) is 14.9 Å². The van der Waals surface area contributed by atoms with Crippen molar-refractivity contribution < 1.29 is 14.2 Å². The Kier molecular flexibility index (Phi) is 7.19. The van der Waals surface area contributed by atoms with Crippen molar-refractivity contribution in [2.75, 3.05) is 6.54 Å². The number of nitrogens with zero attached hydrogens (tertiary/aromatic N) is 4. The van der Waals surface area contributed by atoms with Crippen LogP contribution in [0.4, 0.5) is 5.69 Å². The summed E-state index contributed by atoms with van der Waals surface area (Å²) in [6.07, 6.45) is 3.69. The zero-order valence-corrected chi connectivity index (χ0v) is 18.3. The average Bonchev–Trinajstić information content (AvgIpc) is 3.35. The highest BCUT2D eigenvalue weighted by Gasteiger charge is 2.16. The predicted molar refractivity (Wildman–Crippen MR) is 127 cm³/mol. The van der Waals surface area contributed by atoms with Crippen molar-refractivity contribution in [3.05, 3.63) is 118 Å². The monoisotopic (exact) mass is 454 g/mol. The second kappa shape index (κ2) is 10.8. The number of rotatable bonds is 9. The average molecular weight is 454 g/mol. The van der Waals surface area contributed by atoms with Gasteiger partial charge in [0.2, 0.25) is 17.6 Å². The summed E-state index contributed by atoms with van der Waals surface area (Å²) < 4.78 is 5.34. The van der Waals surface area contributed by atoms with Gasteiger partial charge in [-0.15, -0.1) is 0 Å². The van der Waals surface area contributed by atoms with Crippen LogP contribution in [0.2, 0.25) is 0 Å². The minimum absolute atomic E-state index is 0.0475. The number of nitro benzene ring substituents is 1. The Balaban J connectivity index is 1.47. The van der Waals surface area contributed by atoms with E-state index in [2.05, 4.69) is 10.1 Å². The molecule has 0 aliphatic carbocycles. The molecular formula is C26H22N4O4. The molecule has 0 fully saturated rings. The van der Waals surface area contributed by atoms with Crippen molar-refractivity contribution in [2.45, 2.75) is 13.0 Å². The molecule has 0 atom stereocenters. The summed E-state index contributed by atoms with van der Waals surface area (Å²) in [5, 5.41) is 15.0. The highest BCUT2D eigenvalue weighted by atomic mass is 16.6. The van der Waals surface area contributed by atoms with E-state index in [0.717, 1.165) is 11.1 Å². The van der Waals surface area contributed by atoms with Gasteiger partial charge in [0.25, 0.3) is 5.69 Å². The topological polar surface area (TPSA) is 102 Å². The van der Waals surface area contributed by atoms with Gasteiger partial charge in [-0.2, -0.15) is 4.98 Å². The van der Waals surface area contributed by atoms with Gasteiger partial charge in [0.15, 0.2) is 0 Å². The van der Waals surface area contributed by atoms with Crippen molar-refractivity contribution in [1.82, 2.24) is 15.0 Å². The summed E-state index contributed by atoms with van der Waals surface area (Å²) in [7, 11) is 0. The summed E-state index contributed by atoms with van der Waals surface area (Å²) in [6, 6.07) is 25.4. The fourth-order valence-electron chi connectivity index (χ4n) is 3.37. The van der Waals surface area contributed by atoms with Crippen LogP contribution in [-0.4, -0.2) is 32.4 Å². The first-order chi connectivity index (χ1) is 16.6. The molecule has 0 N–H and O–H groups in total. The molecule has 0 unspecified atom stereocenters. The Bertz CT molecular complexity index is 1290. The van der Waals surface area contributed by atoms with Crippen molar-refractivity contribution in [3.63, 3.8) is 0 Å². The summed E-state index contributed by atoms with van der Waals surface area (Å²) >= 11 is 0. The van der Waals surface area contributed by atoms with Gasteiger partial charge in [-0.25, -0.2) is 0 Å². The molecule has 34 heavy (non-hydrogen) atoms. The van der Waals surface area contributed by atoms with E-state index in [1.807, 2.05) is 60.7 Å². The van der Waals surface area contributed by atoms with Crippen LogP contribution in [0.5, 0.6) is 0 Å². The zero-order chi connectivity index (χ0) is 23.8. The number of carbonyl (C=O) groups is 1. The lowest BCUT2D eigenvalue weighted by molar-refractivity contribution is -0.384. The molecule has 3 aromatic carbocycles. The Hall–Kier alpha value is -4.59. The minimum Gasteiger partial charge on any atom is -0.339 e. The Labute approximate surface area is 196 Å². The molecule has 0 bridgehead atoms. The molecular weight excluding hydrogens is 432 g/mol. The van der Waals surface area contributed by atoms with Crippen molar-refractivity contribution >= 4 is 17.7 Å². The third-order valence-corrected chi connectivity index (χ3v) is 5.12. The number of carbonyl (C=O) groups excluding carboxylic acids is 1. The molecule has 0 saturated heterocycles. The number of non-ortho nitro benzene ring substituents is 1. The third kappa shape index (κ3) is 6.01. The van der Waals surface area contributed by atoms with E-state index in [-0.39, 0.29) is 17.4 Å². The molecule has 0 aliphatic heterocycles. The van der Waals surface area contributed by atoms with Gasteiger partial charge in [-0.1, -0.05) is 78.0 Å². The largest absolute Gasteiger partial charge is 0.339 e.